The number of halogens is 9. The highest BCUT2D eigenvalue weighted by atomic mass is 35.6. The van der Waals surface area contributed by atoms with Crippen LogP contribution in [0.2, 0.25) is 0 Å². The van der Waals surface area contributed by atoms with Gasteiger partial charge in [-0.1, -0.05) is 117 Å². The minimum atomic E-state index is -4.85. The van der Waals surface area contributed by atoms with E-state index < -0.39 is 80.0 Å². The molecule has 1 aromatic carbocycles. The van der Waals surface area contributed by atoms with E-state index in [0.717, 1.165) is 11.1 Å². The van der Waals surface area contributed by atoms with Gasteiger partial charge in [-0.25, -0.2) is 20.9 Å². The first kappa shape index (κ1) is 42.0. The molecule has 4 rings (SSSR count). The zero-order chi connectivity index (χ0) is 36.1. The molecule has 0 heterocycles. The molecule has 1 aromatic rings. The van der Waals surface area contributed by atoms with Crippen LogP contribution in [0.3, 0.4) is 0 Å². The van der Waals surface area contributed by atoms with Gasteiger partial charge in [0.25, 0.3) is 0 Å². The van der Waals surface area contributed by atoms with Gasteiger partial charge >= 0.3 is 31.2 Å². The molecule has 276 valence electrons. The Morgan fingerprint density at radius 3 is 1.81 bits per heavy atom. The van der Waals surface area contributed by atoms with Gasteiger partial charge < -0.3 is 4.18 Å². The number of rotatable bonds is 12. The van der Waals surface area contributed by atoms with Gasteiger partial charge in [-0.15, -0.1) is 0 Å². The molecule has 0 aromatic heterocycles. The molecule has 0 radical (unpaired) electrons. The molecule has 0 unspecified atom stereocenters. The summed E-state index contributed by atoms with van der Waals surface area (Å²) < 4.78 is 99.7. The highest BCUT2D eigenvalue weighted by Crippen LogP contribution is 2.62. The third-order valence-electron chi connectivity index (χ3n) is 8.37. The molecular formula is C24H27Cl9O12S3. The van der Waals surface area contributed by atoms with Gasteiger partial charge in [0.05, 0.1) is 0 Å². The van der Waals surface area contributed by atoms with Gasteiger partial charge in [0.15, 0.2) is 0 Å². The molecule has 2 saturated carbocycles. The zero-order valence-corrected chi connectivity index (χ0v) is 33.6. The Balaban J connectivity index is 1.59. The number of fused-ring (bicyclic) bond motifs is 5. The van der Waals surface area contributed by atoms with Crippen LogP contribution >= 0.6 is 104 Å². The average Bonchev–Trinajstić information content (AvgIpc) is 3.18. The van der Waals surface area contributed by atoms with Crippen molar-refractivity contribution in [2.75, 3.05) is 19.8 Å². The Hall–Kier alpha value is 1.28. The number of hydrogen-bond donors (Lipinski definition) is 0. The third kappa shape index (κ3) is 11.6. The summed E-state index contributed by atoms with van der Waals surface area (Å²) in [5.41, 5.74) is 0.777. The number of alkyl halides is 9. The predicted molar refractivity (Wildman–Crippen MR) is 182 cm³/mol. The predicted octanol–water partition coefficient (Wildman–Crippen LogP) is 7.20. The van der Waals surface area contributed by atoms with E-state index in [1.165, 1.54) is 6.07 Å². The van der Waals surface area contributed by atoms with Crippen molar-refractivity contribution in [2.24, 2.45) is 17.3 Å². The summed E-state index contributed by atoms with van der Waals surface area (Å²) in [6, 6.07) is 4.77. The van der Waals surface area contributed by atoms with E-state index in [9.17, 15) is 25.3 Å². The maximum atomic E-state index is 12.9. The fourth-order valence-corrected chi connectivity index (χ4v) is 10.3. The lowest BCUT2D eigenvalue weighted by Gasteiger charge is -2.50. The van der Waals surface area contributed by atoms with Crippen molar-refractivity contribution in [1.29, 1.82) is 0 Å². The third-order valence-corrected chi connectivity index (χ3v) is 11.9. The van der Waals surface area contributed by atoms with E-state index in [0.29, 0.717) is 25.7 Å². The summed E-state index contributed by atoms with van der Waals surface area (Å²) in [6.45, 7) is -0.742. The molecule has 12 nitrogen and oxygen atoms in total. The fourth-order valence-electron chi connectivity index (χ4n) is 6.71. The molecule has 3 aliphatic rings. The van der Waals surface area contributed by atoms with Crippen molar-refractivity contribution in [2.45, 2.75) is 68.5 Å². The number of aryl methyl sites for hydroxylation is 1. The second-order valence-corrected chi connectivity index (χ2v) is 22.9. The number of hydrogen-bond acceptors (Lipinski definition) is 12. The molecule has 3 aliphatic carbocycles. The molecule has 0 amide bonds. The summed E-state index contributed by atoms with van der Waals surface area (Å²) in [5, 5.41) is 0. The minimum Gasteiger partial charge on any atom is -0.362 e. The van der Waals surface area contributed by atoms with Crippen LogP contribution in [0.5, 0.6) is 5.75 Å². The molecule has 0 spiro atoms. The SMILES string of the molecule is C[C@@]12CC[C@H]3c4ccc(OS(=O)(=O)OCC(Cl)(Cl)Cl)cc4CC[C@@H]3[C@H]1C[C@H](OS(=O)(=O)OCC(Cl)(Cl)Cl)[C@H]2OS(=O)(=O)OCC(Cl)(Cl)Cl. The average molecular weight is 923 g/mol. The van der Waals surface area contributed by atoms with Crippen molar-refractivity contribution in [1.82, 2.24) is 0 Å². The maximum absolute atomic E-state index is 12.9. The first-order chi connectivity index (χ1) is 21.7. The van der Waals surface area contributed by atoms with Crippen LogP contribution in [0.4, 0.5) is 0 Å². The van der Waals surface area contributed by atoms with Gasteiger partial charge in [-0.2, -0.15) is 25.3 Å². The number of benzene rings is 1. The molecular weight excluding hydrogens is 896 g/mol. The van der Waals surface area contributed by atoms with E-state index in [2.05, 4.69) is 4.18 Å². The van der Waals surface area contributed by atoms with E-state index in [1.54, 1.807) is 19.1 Å². The Labute approximate surface area is 324 Å². The molecule has 2 fully saturated rings. The fraction of sp³-hybridized carbons (Fsp3) is 0.750. The van der Waals surface area contributed by atoms with Crippen LogP contribution < -0.4 is 4.18 Å². The van der Waals surface area contributed by atoms with Crippen LogP contribution in [0.25, 0.3) is 0 Å². The van der Waals surface area contributed by atoms with Crippen molar-refractivity contribution < 1.29 is 50.4 Å². The van der Waals surface area contributed by atoms with E-state index in [4.69, 9.17) is 125 Å². The van der Waals surface area contributed by atoms with Crippen LogP contribution in [0.15, 0.2) is 18.2 Å². The molecule has 0 bridgehead atoms. The first-order valence-corrected chi connectivity index (χ1v) is 21.1. The van der Waals surface area contributed by atoms with Gasteiger partial charge in [-0.05, 0) is 73.1 Å². The summed E-state index contributed by atoms with van der Waals surface area (Å²) >= 11 is 50.5. The monoisotopic (exact) mass is 918 g/mol. The first-order valence-electron chi connectivity index (χ1n) is 13.7. The lowest BCUT2D eigenvalue weighted by molar-refractivity contribution is -0.0358. The summed E-state index contributed by atoms with van der Waals surface area (Å²) in [6.07, 6.45) is -0.811. The van der Waals surface area contributed by atoms with E-state index >= 15 is 0 Å². The highest BCUT2D eigenvalue weighted by Gasteiger charge is 2.61. The van der Waals surface area contributed by atoms with Gasteiger partial charge in [-0.3, -0.25) is 0 Å². The van der Waals surface area contributed by atoms with Crippen LogP contribution in [-0.4, -0.2) is 68.7 Å². The van der Waals surface area contributed by atoms with Crippen molar-refractivity contribution in [3.8, 4) is 5.75 Å². The van der Waals surface area contributed by atoms with Crippen LogP contribution in [-0.2, 0) is 58.5 Å². The molecule has 48 heavy (non-hydrogen) atoms. The lowest BCUT2D eigenvalue weighted by atomic mass is 9.55. The van der Waals surface area contributed by atoms with Crippen molar-refractivity contribution in [3.63, 3.8) is 0 Å². The van der Waals surface area contributed by atoms with Crippen LogP contribution in [0.1, 0.15) is 49.7 Å². The van der Waals surface area contributed by atoms with Crippen molar-refractivity contribution in [3.05, 3.63) is 29.3 Å². The van der Waals surface area contributed by atoms with Gasteiger partial charge in [0.2, 0.25) is 11.4 Å². The molecule has 0 aliphatic heterocycles. The molecule has 0 saturated heterocycles. The Kier molecular flexibility index (Phi) is 13.3. The Morgan fingerprint density at radius 2 is 1.27 bits per heavy atom. The Morgan fingerprint density at radius 1 is 0.750 bits per heavy atom. The molecule has 6 atom stereocenters. The molecule has 24 heteroatoms. The lowest BCUT2D eigenvalue weighted by Crippen LogP contribution is -2.47. The standard InChI is InChI=1S/C24H27Cl9O12S3/c1-21-7-6-16-15-5-3-14(43-46(34,35)40-10-22(25,26)27)8-13(15)2-4-17(16)18(21)9-19(44-47(36,37)41-11-23(28,29)30)20(21)45-48(38,39)42-12-24(31,32)33/h3,5,8,16-20H,2,4,6-7,9-12H2,1H3/t16-,17-,18+,19-,20+,21+/m0/s1. The zero-order valence-electron chi connectivity index (χ0n) is 24.3. The minimum absolute atomic E-state index is 0.0138. The van der Waals surface area contributed by atoms with Gasteiger partial charge in [0.1, 0.15) is 37.8 Å². The van der Waals surface area contributed by atoms with Gasteiger partial charge in [0, 0.05) is 5.41 Å². The summed E-state index contributed by atoms with van der Waals surface area (Å²) in [7, 11) is -14.2. The molecule has 0 N–H and O–H groups in total. The maximum Gasteiger partial charge on any atom is 0.449 e. The highest BCUT2D eigenvalue weighted by molar-refractivity contribution is 7.82. The van der Waals surface area contributed by atoms with Crippen molar-refractivity contribution >= 4 is 136 Å². The summed E-state index contributed by atoms with van der Waals surface area (Å²) in [4.78, 5) is 0. The smallest absolute Gasteiger partial charge is 0.362 e. The topological polar surface area (TPSA) is 158 Å². The normalized spacial score (nSPS) is 28.4. The summed E-state index contributed by atoms with van der Waals surface area (Å²) in [5.74, 6) is -0.529. The second kappa shape index (κ2) is 15.2. The largest absolute Gasteiger partial charge is 0.449 e. The Bertz CT molecular complexity index is 1660. The second-order valence-electron chi connectivity index (χ2n) is 11.6. The van der Waals surface area contributed by atoms with E-state index in [1.807, 2.05) is 0 Å². The quantitative estimate of drug-likeness (QED) is 0.195. The van der Waals surface area contributed by atoms with Crippen LogP contribution in [0, 0.1) is 17.3 Å². The van der Waals surface area contributed by atoms with E-state index in [-0.39, 0.29) is 29.9 Å².